The van der Waals surface area contributed by atoms with E-state index in [0.29, 0.717) is 40.9 Å². The van der Waals surface area contributed by atoms with Crippen molar-refractivity contribution in [3.8, 4) is 5.88 Å². The number of halogens is 1. The lowest BCUT2D eigenvalue weighted by atomic mass is 9.97. The first-order valence-corrected chi connectivity index (χ1v) is 11.6. The number of aromatic hydroxyl groups is 1. The van der Waals surface area contributed by atoms with E-state index in [1.54, 1.807) is 13.0 Å². The van der Waals surface area contributed by atoms with Crippen molar-refractivity contribution >= 4 is 28.3 Å². The van der Waals surface area contributed by atoms with Gasteiger partial charge in [-0.05, 0) is 67.9 Å². The van der Waals surface area contributed by atoms with Gasteiger partial charge in [-0.25, -0.2) is 9.38 Å². The molecule has 0 unspecified atom stereocenters. The number of carbonyl (C=O) groups is 1. The number of aromatic nitrogens is 1. The minimum Gasteiger partial charge on any atom is -0.494 e. The van der Waals surface area contributed by atoms with E-state index in [9.17, 15) is 14.3 Å². The Morgan fingerprint density at radius 3 is 2.63 bits per heavy atom. The van der Waals surface area contributed by atoms with Crippen molar-refractivity contribution in [2.75, 3.05) is 13.7 Å². The molecule has 6 nitrogen and oxygen atoms in total. The maximum Gasteiger partial charge on any atom is 0.306 e. The molecule has 0 spiro atoms. The number of nitrogens with one attached hydrogen (secondary N) is 2. The highest BCUT2D eigenvalue weighted by molar-refractivity contribution is 6.21. The van der Waals surface area contributed by atoms with E-state index in [1.807, 2.05) is 55.6 Å². The summed E-state index contributed by atoms with van der Waals surface area (Å²) in [6, 6.07) is 19.9. The molecule has 1 heterocycles. The molecule has 1 aromatic heterocycles. The second kappa shape index (κ2) is 11.0. The predicted octanol–water partition coefficient (Wildman–Crippen LogP) is 5.40. The quantitative estimate of drug-likeness (QED) is 0.225. The number of aryl methyl sites for hydroxylation is 1. The summed E-state index contributed by atoms with van der Waals surface area (Å²) in [7, 11) is 1.89. The molecule has 0 fully saturated rings. The smallest absolute Gasteiger partial charge is 0.306 e. The molecule has 0 radical (unpaired) electrons. The van der Waals surface area contributed by atoms with Crippen LogP contribution in [0.2, 0.25) is 0 Å². The summed E-state index contributed by atoms with van der Waals surface area (Å²) < 4.78 is 18.9. The van der Waals surface area contributed by atoms with Crippen LogP contribution in [0.5, 0.6) is 5.88 Å². The molecule has 0 amide bonds. The summed E-state index contributed by atoms with van der Waals surface area (Å²) in [5, 5.41) is 14.6. The molecule has 35 heavy (non-hydrogen) atoms. The van der Waals surface area contributed by atoms with Gasteiger partial charge >= 0.3 is 5.97 Å². The summed E-state index contributed by atoms with van der Waals surface area (Å²) >= 11 is 0. The number of fused-ring (bicyclic) bond motifs is 1. The van der Waals surface area contributed by atoms with Gasteiger partial charge in [-0.3, -0.25) is 4.79 Å². The zero-order valence-corrected chi connectivity index (χ0v) is 19.8. The van der Waals surface area contributed by atoms with Gasteiger partial charge in [0.1, 0.15) is 5.82 Å². The van der Waals surface area contributed by atoms with E-state index in [0.717, 1.165) is 23.2 Å². The Kier molecular flexibility index (Phi) is 7.57. The predicted molar refractivity (Wildman–Crippen MR) is 136 cm³/mol. The number of aromatic amines is 1. The van der Waals surface area contributed by atoms with Gasteiger partial charge in [0, 0.05) is 23.9 Å². The van der Waals surface area contributed by atoms with Crippen molar-refractivity contribution in [1.82, 2.24) is 10.3 Å². The van der Waals surface area contributed by atoms with Gasteiger partial charge in [0.25, 0.3) is 0 Å². The molecule has 0 saturated carbocycles. The van der Waals surface area contributed by atoms with Gasteiger partial charge in [0.2, 0.25) is 0 Å². The monoisotopic (exact) mass is 473 g/mol. The Labute approximate surface area is 203 Å². The highest BCUT2D eigenvalue weighted by atomic mass is 19.1. The largest absolute Gasteiger partial charge is 0.494 e. The molecule has 4 rings (SSSR count). The van der Waals surface area contributed by atoms with Crippen molar-refractivity contribution < 1.29 is 19.0 Å². The number of hydrogen-bond donors (Lipinski definition) is 3. The fraction of sp³-hybridized carbons (Fsp3) is 0.214. The van der Waals surface area contributed by atoms with Crippen LogP contribution in [-0.4, -0.2) is 35.4 Å². The fourth-order valence-corrected chi connectivity index (χ4v) is 4.04. The lowest BCUT2D eigenvalue weighted by molar-refractivity contribution is -0.143. The van der Waals surface area contributed by atoms with Crippen molar-refractivity contribution in [2.24, 2.45) is 4.99 Å². The number of aliphatic imine (C=N–C) groups is 1. The highest BCUT2D eigenvalue weighted by Crippen LogP contribution is 2.32. The number of rotatable bonds is 9. The number of nitrogens with zero attached hydrogens (tertiary/aromatic N) is 1. The summed E-state index contributed by atoms with van der Waals surface area (Å²) in [4.78, 5) is 19.6. The van der Waals surface area contributed by atoms with Gasteiger partial charge < -0.3 is 20.1 Å². The van der Waals surface area contributed by atoms with Crippen LogP contribution >= 0.6 is 0 Å². The van der Waals surface area contributed by atoms with E-state index in [1.165, 1.54) is 12.1 Å². The molecule has 3 aromatic carbocycles. The van der Waals surface area contributed by atoms with Crippen LogP contribution in [0.15, 0.2) is 71.7 Å². The maximum absolute atomic E-state index is 13.8. The molecule has 3 N–H and O–H groups in total. The van der Waals surface area contributed by atoms with Gasteiger partial charge in [-0.2, -0.15) is 0 Å². The van der Waals surface area contributed by atoms with Crippen molar-refractivity contribution in [2.45, 2.75) is 26.3 Å². The Morgan fingerprint density at radius 1 is 1.09 bits per heavy atom. The second-order valence-corrected chi connectivity index (χ2v) is 8.20. The van der Waals surface area contributed by atoms with E-state index in [4.69, 9.17) is 9.73 Å². The van der Waals surface area contributed by atoms with Gasteiger partial charge in [0.15, 0.2) is 5.88 Å². The molecule has 0 aliphatic carbocycles. The fourth-order valence-electron chi connectivity index (χ4n) is 4.04. The number of hydrogen-bond acceptors (Lipinski definition) is 5. The third-order valence-corrected chi connectivity index (χ3v) is 5.66. The van der Waals surface area contributed by atoms with Crippen LogP contribution < -0.4 is 5.32 Å². The first kappa shape index (κ1) is 24.2. The van der Waals surface area contributed by atoms with Crippen molar-refractivity contribution in [3.05, 3.63) is 94.8 Å². The van der Waals surface area contributed by atoms with Gasteiger partial charge in [-0.15, -0.1) is 0 Å². The maximum atomic E-state index is 13.8. The lowest BCUT2D eigenvalue weighted by Crippen LogP contribution is -2.07. The van der Waals surface area contributed by atoms with Crippen LogP contribution in [-0.2, 0) is 22.5 Å². The van der Waals surface area contributed by atoms with Crippen molar-refractivity contribution in [3.63, 3.8) is 0 Å². The first-order valence-electron chi connectivity index (χ1n) is 11.6. The number of carbonyl (C=O) groups excluding carboxylic acids is 1. The molecule has 0 atom stereocenters. The van der Waals surface area contributed by atoms with Gasteiger partial charge in [-0.1, -0.05) is 30.3 Å². The SMILES string of the molecule is CCOC(=O)CCc1cccc(C(=Nc2ccc(CNC)cc2)c2c(O)[nH]c3cc(F)ccc23)c1. The Bertz CT molecular complexity index is 1360. The third-order valence-electron chi connectivity index (χ3n) is 5.66. The van der Waals surface area contributed by atoms with E-state index in [-0.39, 0.29) is 18.3 Å². The zero-order chi connectivity index (χ0) is 24.8. The zero-order valence-electron chi connectivity index (χ0n) is 19.8. The van der Waals surface area contributed by atoms with E-state index < -0.39 is 5.82 Å². The first-order chi connectivity index (χ1) is 17.0. The van der Waals surface area contributed by atoms with Gasteiger partial charge in [0.05, 0.1) is 29.1 Å². The standard InChI is InChI=1S/C28H28FN3O3/c1-3-35-25(33)14-9-18-5-4-6-20(15-18)27(31-22-11-7-19(8-12-22)17-30-2)26-23-13-10-21(29)16-24(23)32-28(26)34/h4-8,10-13,15-16,30,32,34H,3,9,14,17H2,1-2H3. The molecular weight excluding hydrogens is 445 g/mol. The minimum absolute atomic E-state index is 0.0897. The average molecular weight is 474 g/mol. The number of benzene rings is 3. The molecule has 180 valence electrons. The van der Waals surface area contributed by atoms with Crippen LogP contribution in [0.4, 0.5) is 10.1 Å². The molecule has 0 bridgehead atoms. The topological polar surface area (TPSA) is 86.7 Å². The molecule has 4 aromatic rings. The summed E-state index contributed by atoms with van der Waals surface area (Å²) in [6.45, 7) is 2.88. The van der Waals surface area contributed by atoms with E-state index >= 15 is 0 Å². The third kappa shape index (κ3) is 5.75. The molecule has 0 aliphatic heterocycles. The second-order valence-electron chi connectivity index (χ2n) is 8.20. The number of ether oxygens (including phenoxy) is 1. The average Bonchev–Trinajstić information content (AvgIpc) is 3.17. The van der Waals surface area contributed by atoms with Crippen LogP contribution in [0.3, 0.4) is 0 Å². The number of H-pyrrole nitrogens is 1. The van der Waals surface area contributed by atoms with Crippen LogP contribution in [0.1, 0.15) is 35.6 Å². The van der Waals surface area contributed by atoms with Crippen LogP contribution in [0, 0.1) is 5.82 Å². The normalized spacial score (nSPS) is 11.7. The van der Waals surface area contributed by atoms with E-state index in [2.05, 4.69) is 10.3 Å². The van der Waals surface area contributed by atoms with Crippen LogP contribution in [0.25, 0.3) is 10.9 Å². The van der Waals surface area contributed by atoms with Crippen molar-refractivity contribution in [1.29, 1.82) is 0 Å². The Balaban J connectivity index is 1.80. The molecular formula is C28H28FN3O3. The summed E-state index contributed by atoms with van der Waals surface area (Å²) in [5.74, 6) is -0.734. The molecule has 7 heteroatoms. The Hall–Kier alpha value is -3.97. The molecule has 0 saturated heterocycles. The minimum atomic E-state index is -0.398. The lowest BCUT2D eigenvalue weighted by Gasteiger charge is -2.10. The Morgan fingerprint density at radius 2 is 1.89 bits per heavy atom. The summed E-state index contributed by atoms with van der Waals surface area (Å²) in [5.41, 5.74) is 5.06. The molecule has 0 aliphatic rings. The highest BCUT2D eigenvalue weighted by Gasteiger charge is 2.19. The number of esters is 1. The summed E-state index contributed by atoms with van der Waals surface area (Å²) in [6.07, 6.45) is 0.790.